The van der Waals surface area contributed by atoms with Crippen LogP contribution in [-0.2, 0) is 16.1 Å². The first-order valence-corrected chi connectivity index (χ1v) is 12.5. The topological polar surface area (TPSA) is 68.3 Å². The van der Waals surface area contributed by atoms with Crippen molar-refractivity contribution in [2.45, 2.75) is 19.6 Å². The summed E-state index contributed by atoms with van der Waals surface area (Å²) in [4.78, 5) is 28.9. The number of rotatable bonds is 9. The van der Waals surface area contributed by atoms with Gasteiger partial charge in [0.05, 0.1) is 32.5 Å². The van der Waals surface area contributed by atoms with Crippen LogP contribution >= 0.6 is 0 Å². The van der Waals surface area contributed by atoms with Crippen LogP contribution in [0.25, 0.3) is 0 Å². The lowest BCUT2D eigenvalue weighted by molar-refractivity contribution is 0.00331. The maximum absolute atomic E-state index is 12.9. The molecule has 0 saturated carbocycles. The smallest absolute Gasteiger partial charge is 0.337 e. The summed E-state index contributed by atoms with van der Waals surface area (Å²) in [6, 6.07) is 22.9. The summed E-state index contributed by atoms with van der Waals surface area (Å²) in [6.07, 6.45) is -0.185. The molecule has 3 aromatic carbocycles. The van der Waals surface area contributed by atoms with Crippen LogP contribution < -0.4 is 4.74 Å². The van der Waals surface area contributed by atoms with Crippen molar-refractivity contribution in [2.75, 3.05) is 46.9 Å². The molecule has 0 aliphatic carbocycles. The summed E-state index contributed by atoms with van der Waals surface area (Å²) >= 11 is 0. The zero-order valence-corrected chi connectivity index (χ0v) is 21.7. The maximum atomic E-state index is 12.9. The lowest BCUT2D eigenvalue weighted by Crippen LogP contribution is -2.49. The first kappa shape index (κ1) is 26.4. The van der Waals surface area contributed by atoms with Crippen molar-refractivity contribution in [3.8, 4) is 5.75 Å². The van der Waals surface area contributed by atoms with Crippen molar-refractivity contribution in [3.05, 3.63) is 101 Å². The second kappa shape index (κ2) is 12.5. The molecule has 1 aliphatic rings. The van der Waals surface area contributed by atoms with Crippen molar-refractivity contribution in [3.63, 3.8) is 0 Å². The predicted octanol–water partition coefficient (Wildman–Crippen LogP) is 4.51. The fraction of sp³-hybridized carbons (Fsp3) is 0.333. The molecule has 37 heavy (non-hydrogen) atoms. The molecule has 194 valence electrons. The van der Waals surface area contributed by atoms with E-state index < -0.39 is 0 Å². The molecule has 4 rings (SSSR count). The molecular formula is C30H34N2O5. The van der Waals surface area contributed by atoms with Crippen molar-refractivity contribution >= 4 is 11.9 Å². The predicted molar refractivity (Wildman–Crippen MR) is 142 cm³/mol. The molecular weight excluding hydrogens is 468 g/mol. The minimum absolute atomic E-state index is 0.0793. The van der Waals surface area contributed by atoms with Crippen LogP contribution in [0.3, 0.4) is 0 Å². The average Bonchev–Trinajstić information content (AvgIpc) is 2.95. The third kappa shape index (κ3) is 6.96. The van der Waals surface area contributed by atoms with Crippen LogP contribution in [0.5, 0.6) is 5.75 Å². The zero-order chi connectivity index (χ0) is 26.2. The third-order valence-corrected chi connectivity index (χ3v) is 6.67. The molecule has 0 radical (unpaired) electrons. The molecule has 0 aromatic heterocycles. The van der Waals surface area contributed by atoms with Gasteiger partial charge in [-0.1, -0.05) is 42.0 Å². The molecule has 0 bridgehead atoms. The number of nitrogens with zero attached hydrogens (tertiary/aromatic N) is 2. The van der Waals surface area contributed by atoms with Gasteiger partial charge in [0.1, 0.15) is 5.75 Å². The zero-order valence-electron chi connectivity index (χ0n) is 21.7. The van der Waals surface area contributed by atoms with E-state index in [-0.39, 0.29) is 18.0 Å². The summed E-state index contributed by atoms with van der Waals surface area (Å²) in [6.45, 7) is 6.00. The van der Waals surface area contributed by atoms with E-state index in [1.165, 1.54) is 7.11 Å². The second-order valence-corrected chi connectivity index (χ2v) is 9.22. The number of hydrogen-bond acceptors (Lipinski definition) is 6. The Kier molecular flexibility index (Phi) is 8.93. The van der Waals surface area contributed by atoms with Gasteiger partial charge in [-0.15, -0.1) is 0 Å². The van der Waals surface area contributed by atoms with E-state index in [9.17, 15) is 9.59 Å². The van der Waals surface area contributed by atoms with Gasteiger partial charge >= 0.3 is 5.97 Å². The van der Waals surface area contributed by atoms with E-state index in [2.05, 4.69) is 4.90 Å². The van der Waals surface area contributed by atoms with Gasteiger partial charge in [0.15, 0.2) is 0 Å². The SMILES string of the molecule is COC(=O)c1ccc(CO[C@H](CN2CCN(C(=O)c3ccc(C)cc3)CC2)c2cccc(OC)c2)cc1. The van der Waals surface area contributed by atoms with Gasteiger partial charge in [0.25, 0.3) is 5.91 Å². The molecule has 0 unspecified atom stereocenters. The van der Waals surface area contributed by atoms with Gasteiger partial charge in [-0.25, -0.2) is 4.79 Å². The third-order valence-electron chi connectivity index (χ3n) is 6.67. The number of aryl methyl sites for hydroxylation is 1. The van der Waals surface area contributed by atoms with E-state index >= 15 is 0 Å². The van der Waals surface area contributed by atoms with Crippen molar-refractivity contribution < 1.29 is 23.8 Å². The molecule has 7 heteroatoms. The maximum Gasteiger partial charge on any atom is 0.337 e. The largest absolute Gasteiger partial charge is 0.497 e. The van der Waals surface area contributed by atoms with Crippen LogP contribution in [0.1, 0.15) is 43.5 Å². The second-order valence-electron chi connectivity index (χ2n) is 9.22. The highest BCUT2D eigenvalue weighted by Gasteiger charge is 2.25. The Balaban J connectivity index is 1.40. The summed E-state index contributed by atoms with van der Waals surface area (Å²) < 4.78 is 16.6. The van der Waals surface area contributed by atoms with Crippen molar-refractivity contribution in [1.29, 1.82) is 0 Å². The molecule has 1 atom stereocenters. The number of methoxy groups -OCH3 is 2. The molecule has 3 aromatic rings. The summed E-state index contributed by atoms with van der Waals surface area (Å²) in [5, 5.41) is 0. The van der Waals surface area contributed by atoms with E-state index in [4.69, 9.17) is 14.2 Å². The van der Waals surface area contributed by atoms with Gasteiger partial charge in [-0.05, 0) is 54.4 Å². The van der Waals surface area contributed by atoms with E-state index in [1.807, 2.05) is 72.5 Å². The average molecular weight is 503 g/mol. The van der Waals surface area contributed by atoms with Crippen molar-refractivity contribution in [1.82, 2.24) is 9.80 Å². The highest BCUT2D eigenvalue weighted by atomic mass is 16.5. The Bertz CT molecular complexity index is 1190. The number of piperazine rings is 1. The quantitative estimate of drug-likeness (QED) is 0.401. The fourth-order valence-electron chi connectivity index (χ4n) is 4.39. The van der Waals surface area contributed by atoms with E-state index in [1.54, 1.807) is 19.2 Å². The number of benzene rings is 3. The normalized spacial score (nSPS) is 14.7. The summed E-state index contributed by atoms with van der Waals surface area (Å²) in [5.41, 5.74) is 4.38. The van der Waals surface area contributed by atoms with Crippen molar-refractivity contribution in [2.24, 2.45) is 0 Å². The standard InChI is InChI=1S/C30H34N2O5/c1-22-7-11-24(12-8-22)29(33)32-17-15-31(16-18-32)20-28(26-5-4-6-27(19-26)35-2)37-21-23-9-13-25(14-10-23)30(34)36-3/h4-14,19,28H,15-18,20-21H2,1-3H3/t28-/m1/s1. The minimum Gasteiger partial charge on any atom is -0.497 e. The number of ether oxygens (including phenoxy) is 3. The van der Waals surface area contributed by atoms with Crippen LogP contribution in [0, 0.1) is 6.92 Å². The summed E-state index contributed by atoms with van der Waals surface area (Å²) in [5.74, 6) is 0.499. The lowest BCUT2D eigenvalue weighted by Gasteiger charge is -2.36. The Morgan fingerprint density at radius 2 is 1.54 bits per heavy atom. The molecule has 0 N–H and O–H groups in total. The molecule has 0 spiro atoms. The minimum atomic E-state index is -0.360. The molecule has 1 aliphatic heterocycles. The fourth-order valence-corrected chi connectivity index (χ4v) is 4.39. The number of carbonyl (C=O) groups excluding carboxylic acids is 2. The molecule has 1 amide bonds. The Morgan fingerprint density at radius 1 is 0.865 bits per heavy atom. The number of hydrogen-bond donors (Lipinski definition) is 0. The molecule has 7 nitrogen and oxygen atoms in total. The Labute approximate surface area is 218 Å². The van der Waals surface area contributed by atoms with Gasteiger partial charge in [0.2, 0.25) is 0 Å². The van der Waals surface area contributed by atoms with Gasteiger partial charge in [-0.2, -0.15) is 0 Å². The van der Waals surface area contributed by atoms with Crippen LogP contribution in [0.2, 0.25) is 0 Å². The number of esters is 1. The first-order chi connectivity index (χ1) is 18.0. The van der Waals surface area contributed by atoms with Gasteiger partial charge < -0.3 is 19.1 Å². The van der Waals surface area contributed by atoms with Crippen LogP contribution in [0.15, 0.2) is 72.8 Å². The first-order valence-electron chi connectivity index (χ1n) is 12.5. The monoisotopic (exact) mass is 502 g/mol. The van der Waals surface area contributed by atoms with Gasteiger partial charge in [-0.3, -0.25) is 9.69 Å². The summed E-state index contributed by atoms with van der Waals surface area (Å²) in [7, 11) is 3.03. The molecule has 1 fully saturated rings. The number of carbonyl (C=O) groups is 2. The molecule has 1 saturated heterocycles. The highest BCUT2D eigenvalue weighted by molar-refractivity contribution is 5.94. The Hall–Kier alpha value is -3.68. The van der Waals surface area contributed by atoms with E-state index in [0.717, 1.165) is 41.1 Å². The van der Waals surface area contributed by atoms with Gasteiger partial charge in [0, 0.05) is 38.3 Å². The van der Waals surface area contributed by atoms with Crippen LogP contribution in [0.4, 0.5) is 0 Å². The number of amides is 1. The highest BCUT2D eigenvalue weighted by Crippen LogP contribution is 2.25. The Morgan fingerprint density at radius 3 is 2.19 bits per heavy atom. The lowest BCUT2D eigenvalue weighted by atomic mass is 10.1. The molecule has 1 heterocycles. The van der Waals surface area contributed by atoms with E-state index in [0.29, 0.717) is 31.8 Å². The van der Waals surface area contributed by atoms with Crippen LogP contribution in [-0.4, -0.2) is 68.6 Å².